The minimum Gasteiger partial charge on any atom is -0.490 e. The largest absolute Gasteiger partial charge is 0.490 e. The Morgan fingerprint density at radius 2 is 1.82 bits per heavy atom. The van der Waals surface area contributed by atoms with E-state index >= 15 is 0 Å². The maximum Gasteiger partial charge on any atom is 0.361 e. The highest BCUT2D eigenvalue weighted by Crippen LogP contribution is 2.39. The van der Waals surface area contributed by atoms with Crippen LogP contribution in [-0.4, -0.2) is 53.3 Å². The van der Waals surface area contributed by atoms with E-state index in [1.54, 1.807) is 32.9 Å². The summed E-state index contributed by atoms with van der Waals surface area (Å²) in [5.41, 5.74) is 0.911. The number of esters is 2. The van der Waals surface area contributed by atoms with Gasteiger partial charge in [0.1, 0.15) is 5.69 Å². The van der Waals surface area contributed by atoms with Crippen LogP contribution in [0.3, 0.4) is 0 Å². The second-order valence-electron chi connectivity index (χ2n) is 5.78. The Morgan fingerprint density at radius 1 is 1.11 bits per heavy atom. The van der Waals surface area contributed by atoms with Crippen molar-refractivity contribution in [2.45, 2.75) is 33.8 Å². The highest BCUT2D eigenvalue weighted by molar-refractivity contribution is 9.10. The molecule has 0 saturated heterocycles. The lowest BCUT2D eigenvalue weighted by Gasteiger charge is -2.15. The van der Waals surface area contributed by atoms with E-state index in [0.717, 1.165) is 0 Å². The van der Waals surface area contributed by atoms with Gasteiger partial charge in [-0.05, 0) is 55.8 Å². The van der Waals surface area contributed by atoms with Crippen LogP contribution in [0.5, 0.6) is 11.5 Å². The topological polar surface area (TPSA) is 113 Å². The van der Waals surface area contributed by atoms with E-state index in [0.29, 0.717) is 33.8 Å². The zero-order valence-electron chi connectivity index (χ0n) is 16.1. The highest BCUT2D eigenvalue weighted by atomic mass is 79.9. The molecular formula is C18H22BrN3O6. The number of nitrogens with one attached hydrogen (secondary N) is 1. The smallest absolute Gasteiger partial charge is 0.361 e. The van der Waals surface area contributed by atoms with Crippen molar-refractivity contribution in [3.8, 4) is 22.8 Å². The molecule has 0 saturated carbocycles. The monoisotopic (exact) mass is 455 g/mol. The Morgan fingerprint density at radius 3 is 2.46 bits per heavy atom. The van der Waals surface area contributed by atoms with Gasteiger partial charge in [-0.2, -0.15) is 10.3 Å². The van der Waals surface area contributed by atoms with E-state index < -0.39 is 11.9 Å². The van der Waals surface area contributed by atoms with Gasteiger partial charge in [-0.25, -0.2) is 9.59 Å². The molecule has 1 N–H and O–H groups in total. The van der Waals surface area contributed by atoms with Gasteiger partial charge in [0.25, 0.3) is 0 Å². The number of ether oxygens (including phenoxy) is 4. The van der Waals surface area contributed by atoms with E-state index in [1.807, 2.05) is 6.92 Å². The Bertz CT molecular complexity index is 837. The standard InChI is InChI=1S/C18H22BrN3O6/c1-5-25-13-7-11(16-17(21-22-20-16)18(24)26-6-2)12(19)8-14(13)27-9-15(23)28-10(3)4/h7-8,10H,5-6,9H2,1-4H3,(H,20,21,22). The molecule has 2 aromatic rings. The summed E-state index contributed by atoms with van der Waals surface area (Å²) in [4.78, 5) is 23.8. The van der Waals surface area contributed by atoms with Crippen LogP contribution in [0.1, 0.15) is 38.2 Å². The molecule has 1 aromatic heterocycles. The number of nitrogens with zero attached hydrogens (tertiary/aromatic N) is 2. The SMILES string of the molecule is CCOC(=O)c1n[nH]nc1-c1cc(OCC)c(OCC(=O)OC(C)C)cc1Br. The summed E-state index contributed by atoms with van der Waals surface area (Å²) in [7, 11) is 0. The Hall–Kier alpha value is -2.62. The van der Waals surface area contributed by atoms with Crippen molar-refractivity contribution in [1.82, 2.24) is 15.4 Å². The summed E-state index contributed by atoms with van der Waals surface area (Å²) in [6, 6.07) is 3.28. The lowest BCUT2D eigenvalue weighted by Crippen LogP contribution is -2.19. The van der Waals surface area contributed by atoms with Gasteiger partial charge in [-0.15, -0.1) is 5.10 Å². The molecule has 28 heavy (non-hydrogen) atoms. The summed E-state index contributed by atoms with van der Waals surface area (Å²) in [5, 5.41) is 10.4. The van der Waals surface area contributed by atoms with E-state index in [1.165, 1.54) is 0 Å². The number of benzene rings is 1. The third kappa shape index (κ3) is 5.44. The van der Waals surface area contributed by atoms with Gasteiger partial charge >= 0.3 is 11.9 Å². The Labute approximate surface area is 170 Å². The third-order valence-corrected chi connectivity index (χ3v) is 3.97. The molecule has 0 aliphatic rings. The number of halogens is 1. The minimum absolute atomic E-state index is 0.0548. The molecule has 0 atom stereocenters. The van der Waals surface area contributed by atoms with Crippen molar-refractivity contribution >= 4 is 27.9 Å². The number of carbonyl (C=O) groups excluding carboxylic acids is 2. The molecule has 9 nitrogen and oxygen atoms in total. The van der Waals surface area contributed by atoms with Gasteiger partial charge < -0.3 is 18.9 Å². The first-order chi connectivity index (χ1) is 13.4. The first kappa shape index (κ1) is 21.7. The lowest BCUT2D eigenvalue weighted by molar-refractivity contribution is -0.149. The van der Waals surface area contributed by atoms with Crippen LogP contribution in [-0.2, 0) is 14.3 Å². The molecule has 2 rings (SSSR count). The van der Waals surface area contributed by atoms with Crippen molar-refractivity contribution in [3.63, 3.8) is 0 Å². The zero-order valence-corrected chi connectivity index (χ0v) is 17.7. The van der Waals surface area contributed by atoms with E-state index in [2.05, 4.69) is 31.3 Å². The van der Waals surface area contributed by atoms with Crippen LogP contribution < -0.4 is 9.47 Å². The Kier molecular flexibility index (Phi) is 7.80. The summed E-state index contributed by atoms with van der Waals surface area (Å²) in [6.07, 6.45) is -0.231. The van der Waals surface area contributed by atoms with Crippen LogP contribution in [0.2, 0.25) is 0 Å². The molecule has 0 fully saturated rings. The first-order valence-electron chi connectivity index (χ1n) is 8.74. The third-order valence-electron chi connectivity index (χ3n) is 3.32. The number of aromatic amines is 1. The van der Waals surface area contributed by atoms with Gasteiger partial charge in [0, 0.05) is 10.0 Å². The number of aromatic nitrogens is 3. The van der Waals surface area contributed by atoms with Gasteiger partial charge in [0.05, 0.1) is 19.3 Å². The molecule has 0 spiro atoms. The quantitative estimate of drug-likeness (QED) is 0.573. The normalized spacial score (nSPS) is 10.6. The first-order valence-corrected chi connectivity index (χ1v) is 9.53. The number of rotatable bonds is 9. The highest BCUT2D eigenvalue weighted by Gasteiger charge is 2.23. The lowest BCUT2D eigenvalue weighted by atomic mass is 10.1. The molecule has 0 unspecified atom stereocenters. The maximum atomic E-state index is 12.1. The zero-order chi connectivity index (χ0) is 20.7. The molecule has 0 bridgehead atoms. The van der Waals surface area contributed by atoms with Crippen molar-refractivity contribution in [2.75, 3.05) is 19.8 Å². The number of hydrogen-bond acceptors (Lipinski definition) is 8. The van der Waals surface area contributed by atoms with Gasteiger partial charge in [-0.1, -0.05) is 0 Å². The average molecular weight is 456 g/mol. The summed E-state index contributed by atoms with van der Waals surface area (Å²) in [6.45, 7) is 7.37. The average Bonchev–Trinajstić information content (AvgIpc) is 3.11. The number of hydrogen-bond donors (Lipinski definition) is 1. The molecule has 0 radical (unpaired) electrons. The van der Waals surface area contributed by atoms with Crippen molar-refractivity contribution in [1.29, 1.82) is 0 Å². The van der Waals surface area contributed by atoms with Crippen LogP contribution in [0.15, 0.2) is 16.6 Å². The number of carbonyl (C=O) groups is 2. The molecule has 0 aliphatic carbocycles. The van der Waals surface area contributed by atoms with Crippen LogP contribution in [0, 0.1) is 0 Å². The van der Waals surface area contributed by atoms with Crippen LogP contribution in [0.25, 0.3) is 11.3 Å². The second kappa shape index (κ2) is 10.1. The van der Waals surface area contributed by atoms with Crippen molar-refractivity contribution in [2.24, 2.45) is 0 Å². The van der Waals surface area contributed by atoms with Gasteiger partial charge in [-0.3, -0.25) is 0 Å². The van der Waals surface area contributed by atoms with E-state index in [9.17, 15) is 9.59 Å². The van der Waals surface area contributed by atoms with E-state index in [4.69, 9.17) is 18.9 Å². The van der Waals surface area contributed by atoms with Gasteiger partial charge in [0.2, 0.25) is 0 Å². The number of H-pyrrole nitrogens is 1. The molecule has 0 amide bonds. The molecule has 1 heterocycles. The second-order valence-corrected chi connectivity index (χ2v) is 6.63. The summed E-state index contributed by atoms with van der Waals surface area (Å²) >= 11 is 3.44. The molecule has 152 valence electrons. The maximum absolute atomic E-state index is 12.1. The van der Waals surface area contributed by atoms with Gasteiger partial charge in [0.15, 0.2) is 23.8 Å². The molecule has 0 aliphatic heterocycles. The fraction of sp³-hybridized carbons (Fsp3) is 0.444. The molecule has 1 aromatic carbocycles. The fourth-order valence-electron chi connectivity index (χ4n) is 2.29. The van der Waals surface area contributed by atoms with Crippen LogP contribution >= 0.6 is 15.9 Å². The van der Waals surface area contributed by atoms with Crippen molar-refractivity contribution in [3.05, 3.63) is 22.3 Å². The van der Waals surface area contributed by atoms with E-state index in [-0.39, 0.29) is 25.0 Å². The van der Waals surface area contributed by atoms with Crippen molar-refractivity contribution < 1.29 is 28.5 Å². The Balaban J connectivity index is 2.34. The predicted octanol–water partition coefficient (Wildman–Crippen LogP) is 3.14. The minimum atomic E-state index is -0.590. The summed E-state index contributed by atoms with van der Waals surface area (Å²) < 4.78 is 21.8. The fourth-order valence-corrected chi connectivity index (χ4v) is 2.80. The predicted molar refractivity (Wildman–Crippen MR) is 103 cm³/mol. The molecular weight excluding hydrogens is 434 g/mol. The summed E-state index contributed by atoms with van der Waals surface area (Å²) in [5.74, 6) is -0.346. The molecule has 10 heteroatoms. The van der Waals surface area contributed by atoms with Crippen LogP contribution in [0.4, 0.5) is 0 Å².